The zero-order valence-electron chi connectivity index (χ0n) is 10.5. The topological polar surface area (TPSA) is 53.1 Å². The van der Waals surface area contributed by atoms with Crippen LogP contribution in [0.15, 0.2) is 18.2 Å². The van der Waals surface area contributed by atoms with Crippen molar-refractivity contribution < 1.29 is 9.13 Å². The van der Waals surface area contributed by atoms with E-state index in [0.717, 1.165) is 24.3 Å². The van der Waals surface area contributed by atoms with Gasteiger partial charge < -0.3 is 15.0 Å². The van der Waals surface area contributed by atoms with Crippen molar-refractivity contribution in [3.8, 4) is 0 Å². The number of nitrogens with zero attached hydrogens (tertiary/aromatic N) is 2. The van der Waals surface area contributed by atoms with Crippen LogP contribution in [0.5, 0.6) is 0 Å². The number of aryl methyl sites for hydroxylation is 1. The molecule has 0 spiro atoms. The highest BCUT2D eigenvalue weighted by molar-refractivity contribution is 5.76. The summed E-state index contributed by atoms with van der Waals surface area (Å²) in [6.45, 7) is 4.21. The molecule has 2 rings (SSSR count). The minimum absolute atomic E-state index is 0.289. The van der Waals surface area contributed by atoms with Crippen LogP contribution in [0.25, 0.3) is 11.0 Å². The first kappa shape index (κ1) is 13.0. The second-order valence-electron chi connectivity index (χ2n) is 4.13. The first-order chi connectivity index (χ1) is 8.77. The molecule has 0 saturated carbocycles. The van der Waals surface area contributed by atoms with E-state index in [1.165, 1.54) is 6.07 Å². The van der Waals surface area contributed by atoms with Crippen molar-refractivity contribution in [3.63, 3.8) is 0 Å². The average Bonchev–Trinajstić information content (AvgIpc) is 2.71. The number of ether oxygens (including phenoxy) is 1. The molecule has 1 heterocycles. The third-order valence-corrected chi connectivity index (χ3v) is 2.75. The molecule has 0 aliphatic heterocycles. The largest absolute Gasteiger partial charge is 0.372 e. The van der Waals surface area contributed by atoms with E-state index >= 15 is 0 Å². The van der Waals surface area contributed by atoms with Gasteiger partial charge in [-0.1, -0.05) is 13.0 Å². The van der Waals surface area contributed by atoms with Gasteiger partial charge >= 0.3 is 0 Å². The highest BCUT2D eigenvalue weighted by atomic mass is 19.1. The molecule has 0 atom stereocenters. The quantitative estimate of drug-likeness (QED) is 0.799. The second kappa shape index (κ2) is 5.93. The van der Waals surface area contributed by atoms with E-state index in [9.17, 15) is 4.39 Å². The fraction of sp³-hybridized carbons (Fsp3) is 0.462. The minimum atomic E-state index is -0.289. The van der Waals surface area contributed by atoms with E-state index in [-0.39, 0.29) is 5.82 Å². The molecule has 0 fully saturated rings. The number of imidazole rings is 1. The number of hydrogen-bond acceptors (Lipinski definition) is 3. The van der Waals surface area contributed by atoms with Gasteiger partial charge in [0.15, 0.2) is 5.82 Å². The number of benzene rings is 1. The molecular formula is C13H18FN3O. The summed E-state index contributed by atoms with van der Waals surface area (Å²) in [6, 6.07) is 5.01. The Morgan fingerprint density at radius 3 is 3.00 bits per heavy atom. The Hall–Kier alpha value is -1.46. The van der Waals surface area contributed by atoms with Crippen molar-refractivity contribution in [1.29, 1.82) is 0 Å². The van der Waals surface area contributed by atoms with Gasteiger partial charge in [-0.25, -0.2) is 9.37 Å². The Labute approximate surface area is 106 Å². The average molecular weight is 251 g/mol. The fourth-order valence-electron chi connectivity index (χ4n) is 1.99. The lowest BCUT2D eigenvalue weighted by atomic mass is 10.3. The Morgan fingerprint density at radius 1 is 1.44 bits per heavy atom. The Balaban J connectivity index is 2.37. The van der Waals surface area contributed by atoms with Gasteiger partial charge in [0.2, 0.25) is 0 Å². The molecule has 0 amide bonds. The molecule has 0 aliphatic rings. The molecule has 0 unspecified atom stereocenters. The standard InChI is InChI=1S/C13H18FN3O/c1-2-7-17-11-5-3-4-10(14)13(11)16-12(17)9-18-8-6-15/h3-5H,2,6-9,15H2,1H3. The SMILES string of the molecule is CCCn1c(COCCN)nc2c(F)cccc21. The second-order valence-corrected chi connectivity index (χ2v) is 4.13. The summed E-state index contributed by atoms with van der Waals surface area (Å²) in [4.78, 5) is 4.32. The molecule has 4 nitrogen and oxygen atoms in total. The normalized spacial score (nSPS) is 11.3. The van der Waals surface area contributed by atoms with Gasteiger partial charge in [-0.3, -0.25) is 0 Å². The van der Waals surface area contributed by atoms with Crippen LogP contribution in [-0.4, -0.2) is 22.7 Å². The van der Waals surface area contributed by atoms with Crippen LogP contribution in [0, 0.1) is 5.82 Å². The Morgan fingerprint density at radius 2 is 2.28 bits per heavy atom. The number of nitrogens with two attached hydrogens (primary N) is 1. The third-order valence-electron chi connectivity index (χ3n) is 2.75. The van der Waals surface area contributed by atoms with Gasteiger partial charge in [0.25, 0.3) is 0 Å². The summed E-state index contributed by atoms with van der Waals surface area (Å²) in [7, 11) is 0. The molecule has 0 bridgehead atoms. The Kier molecular flexibility index (Phi) is 4.28. The van der Waals surface area contributed by atoms with E-state index in [1.54, 1.807) is 6.07 Å². The van der Waals surface area contributed by atoms with E-state index in [1.807, 2.05) is 10.6 Å². The molecule has 0 saturated heterocycles. The van der Waals surface area contributed by atoms with Crippen molar-refractivity contribution in [2.75, 3.05) is 13.2 Å². The molecule has 2 aromatic rings. The summed E-state index contributed by atoms with van der Waals surface area (Å²) in [5, 5.41) is 0. The van der Waals surface area contributed by atoms with E-state index in [4.69, 9.17) is 10.5 Å². The summed E-state index contributed by atoms with van der Waals surface area (Å²) in [6.07, 6.45) is 0.964. The van der Waals surface area contributed by atoms with Crippen molar-refractivity contribution in [2.24, 2.45) is 5.73 Å². The number of hydrogen-bond donors (Lipinski definition) is 1. The van der Waals surface area contributed by atoms with Crippen molar-refractivity contribution in [1.82, 2.24) is 9.55 Å². The smallest absolute Gasteiger partial charge is 0.151 e. The molecule has 0 radical (unpaired) electrons. The minimum Gasteiger partial charge on any atom is -0.372 e. The van der Waals surface area contributed by atoms with Crippen LogP contribution in [0.1, 0.15) is 19.2 Å². The predicted molar refractivity (Wildman–Crippen MR) is 68.7 cm³/mol. The summed E-state index contributed by atoms with van der Waals surface area (Å²) in [5.41, 5.74) is 6.61. The molecular weight excluding hydrogens is 233 g/mol. The molecule has 2 N–H and O–H groups in total. The molecule has 5 heteroatoms. The number of halogens is 1. The highest BCUT2D eigenvalue weighted by Gasteiger charge is 2.12. The van der Waals surface area contributed by atoms with Gasteiger partial charge in [-0.2, -0.15) is 0 Å². The molecule has 1 aromatic carbocycles. The van der Waals surface area contributed by atoms with Crippen molar-refractivity contribution in [2.45, 2.75) is 26.5 Å². The molecule has 0 aliphatic carbocycles. The first-order valence-corrected chi connectivity index (χ1v) is 6.19. The number of rotatable bonds is 6. The van der Waals surface area contributed by atoms with Crippen LogP contribution in [0.3, 0.4) is 0 Å². The lowest BCUT2D eigenvalue weighted by Crippen LogP contribution is -2.11. The van der Waals surface area contributed by atoms with Crippen LogP contribution in [0.4, 0.5) is 4.39 Å². The third kappa shape index (κ3) is 2.52. The van der Waals surface area contributed by atoms with Crippen LogP contribution in [0.2, 0.25) is 0 Å². The highest BCUT2D eigenvalue weighted by Crippen LogP contribution is 2.20. The summed E-state index contributed by atoms with van der Waals surface area (Å²) in [5.74, 6) is 0.466. The maximum Gasteiger partial charge on any atom is 0.151 e. The summed E-state index contributed by atoms with van der Waals surface area (Å²) < 4.78 is 21.1. The lowest BCUT2D eigenvalue weighted by molar-refractivity contribution is 0.120. The van der Waals surface area contributed by atoms with Gasteiger partial charge in [0.1, 0.15) is 17.9 Å². The lowest BCUT2D eigenvalue weighted by Gasteiger charge is -2.07. The van der Waals surface area contributed by atoms with Gasteiger partial charge in [0.05, 0.1) is 12.1 Å². The van der Waals surface area contributed by atoms with Crippen LogP contribution < -0.4 is 5.73 Å². The van der Waals surface area contributed by atoms with E-state index in [2.05, 4.69) is 11.9 Å². The predicted octanol–water partition coefficient (Wildman–Crippen LogP) is 2.06. The maximum atomic E-state index is 13.7. The van der Waals surface area contributed by atoms with E-state index in [0.29, 0.717) is 25.3 Å². The number of fused-ring (bicyclic) bond motifs is 1. The Bertz CT molecular complexity index is 524. The zero-order valence-corrected chi connectivity index (χ0v) is 10.5. The first-order valence-electron chi connectivity index (χ1n) is 6.19. The van der Waals surface area contributed by atoms with Crippen molar-refractivity contribution >= 4 is 11.0 Å². The monoisotopic (exact) mass is 251 g/mol. The number of para-hydroxylation sites is 1. The van der Waals surface area contributed by atoms with Gasteiger partial charge in [0, 0.05) is 13.1 Å². The van der Waals surface area contributed by atoms with E-state index < -0.39 is 0 Å². The number of aromatic nitrogens is 2. The van der Waals surface area contributed by atoms with Gasteiger partial charge in [-0.05, 0) is 18.6 Å². The molecule has 1 aromatic heterocycles. The van der Waals surface area contributed by atoms with Gasteiger partial charge in [-0.15, -0.1) is 0 Å². The van der Waals surface area contributed by atoms with Crippen LogP contribution in [-0.2, 0) is 17.9 Å². The molecule has 98 valence electrons. The fourth-order valence-corrected chi connectivity index (χ4v) is 1.99. The van der Waals surface area contributed by atoms with Crippen molar-refractivity contribution in [3.05, 3.63) is 29.8 Å². The molecule has 18 heavy (non-hydrogen) atoms. The van der Waals surface area contributed by atoms with Crippen LogP contribution >= 0.6 is 0 Å². The maximum absolute atomic E-state index is 13.7. The zero-order chi connectivity index (χ0) is 13.0. The summed E-state index contributed by atoms with van der Waals surface area (Å²) >= 11 is 0.